The zero-order chi connectivity index (χ0) is 21.8. The molecule has 8 nitrogen and oxygen atoms in total. The van der Waals surface area contributed by atoms with Gasteiger partial charge in [-0.2, -0.15) is 0 Å². The Hall–Kier alpha value is -3.82. The fourth-order valence-corrected chi connectivity index (χ4v) is 3.60. The molecule has 31 heavy (non-hydrogen) atoms. The molecule has 0 saturated carbocycles. The number of nitrogens with one attached hydrogen (secondary N) is 1. The van der Waals surface area contributed by atoms with E-state index in [1.54, 1.807) is 48.5 Å². The lowest BCUT2D eigenvalue weighted by Gasteiger charge is -2.05. The molecule has 0 aliphatic heterocycles. The summed E-state index contributed by atoms with van der Waals surface area (Å²) in [5.41, 5.74) is 1.15. The van der Waals surface area contributed by atoms with E-state index in [2.05, 4.69) is 15.5 Å². The minimum Gasteiger partial charge on any atom is -0.457 e. The van der Waals surface area contributed by atoms with E-state index >= 15 is 0 Å². The van der Waals surface area contributed by atoms with Crippen LogP contribution in [0.1, 0.15) is 10.4 Å². The summed E-state index contributed by atoms with van der Waals surface area (Å²) in [4.78, 5) is 22.6. The summed E-state index contributed by atoms with van der Waals surface area (Å²) in [6, 6.07) is 19.7. The van der Waals surface area contributed by atoms with Gasteiger partial charge in [-0.05, 0) is 48.5 Å². The highest BCUT2D eigenvalue weighted by molar-refractivity contribution is 7.18. The van der Waals surface area contributed by atoms with E-state index in [1.165, 1.54) is 35.6 Å². The quantitative estimate of drug-likeness (QED) is 0.292. The number of nitro groups is 1. The Morgan fingerprint density at radius 2 is 1.61 bits per heavy atom. The van der Waals surface area contributed by atoms with E-state index < -0.39 is 4.92 Å². The molecule has 4 rings (SSSR count). The highest BCUT2D eigenvalue weighted by Gasteiger charge is 2.14. The lowest BCUT2D eigenvalue weighted by atomic mass is 10.2. The summed E-state index contributed by atoms with van der Waals surface area (Å²) in [6.45, 7) is 0. The van der Waals surface area contributed by atoms with E-state index in [0.29, 0.717) is 32.2 Å². The second kappa shape index (κ2) is 8.90. The highest BCUT2D eigenvalue weighted by atomic mass is 35.5. The van der Waals surface area contributed by atoms with Crippen LogP contribution in [0.15, 0.2) is 72.8 Å². The number of aromatic nitrogens is 2. The maximum atomic E-state index is 12.3. The van der Waals surface area contributed by atoms with E-state index in [1.807, 2.05) is 0 Å². The largest absolute Gasteiger partial charge is 0.457 e. The first-order chi connectivity index (χ1) is 15.0. The van der Waals surface area contributed by atoms with Gasteiger partial charge in [0.1, 0.15) is 16.5 Å². The van der Waals surface area contributed by atoms with Gasteiger partial charge in [0.15, 0.2) is 0 Å². The SMILES string of the molecule is O=C(Nc1nnc(-c2ccc(Oc3ccc([N+](=O)[O-])cc3)cc2)s1)c1ccccc1Cl. The van der Waals surface area contributed by atoms with Crippen molar-refractivity contribution >= 4 is 39.7 Å². The number of halogens is 1. The third-order valence-corrected chi connectivity index (χ3v) is 5.37. The van der Waals surface area contributed by atoms with Crippen LogP contribution in [0.3, 0.4) is 0 Å². The zero-order valence-electron chi connectivity index (χ0n) is 15.7. The Labute approximate surface area is 185 Å². The second-order valence-electron chi connectivity index (χ2n) is 6.22. The maximum Gasteiger partial charge on any atom is 0.269 e. The van der Waals surface area contributed by atoms with Crippen LogP contribution >= 0.6 is 22.9 Å². The summed E-state index contributed by atoms with van der Waals surface area (Å²) in [5, 5.41) is 22.9. The van der Waals surface area contributed by atoms with Crippen molar-refractivity contribution in [1.29, 1.82) is 0 Å². The fourth-order valence-electron chi connectivity index (χ4n) is 2.64. The molecular weight excluding hydrogens is 440 g/mol. The predicted octanol–water partition coefficient (Wildman–Crippen LogP) is 5.81. The topological polar surface area (TPSA) is 107 Å². The molecule has 0 saturated heterocycles. The second-order valence-corrected chi connectivity index (χ2v) is 7.61. The van der Waals surface area contributed by atoms with Crippen LogP contribution in [0.2, 0.25) is 5.02 Å². The molecule has 1 heterocycles. The number of carbonyl (C=O) groups excluding carboxylic acids is 1. The summed E-state index contributed by atoms with van der Waals surface area (Å²) in [6.07, 6.45) is 0. The number of anilines is 1. The molecule has 4 aromatic rings. The van der Waals surface area contributed by atoms with E-state index in [0.717, 1.165) is 5.56 Å². The van der Waals surface area contributed by atoms with Crippen LogP contribution in [-0.2, 0) is 0 Å². The predicted molar refractivity (Wildman–Crippen MR) is 118 cm³/mol. The Morgan fingerprint density at radius 1 is 0.968 bits per heavy atom. The number of carbonyl (C=O) groups is 1. The van der Waals surface area contributed by atoms with Gasteiger partial charge in [-0.15, -0.1) is 10.2 Å². The zero-order valence-corrected chi connectivity index (χ0v) is 17.3. The number of non-ortho nitro benzene ring substituents is 1. The first kappa shape index (κ1) is 20.5. The molecule has 0 spiro atoms. The number of ether oxygens (including phenoxy) is 1. The van der Waals surface area contributed by atoms with E-state index in [4.69, 9.17) is 16.3 Å². The molecule has 0 fully saturated rings. The Balaban J connectivity index is 1.42. The van der Waals surface area contributed by atoms with Gasteiger partial charge in [0, 0.05) is 17.7 Å². The van der Waals surface area contributed by atoms with Crippen LogP contribution in [0.4, 0.5) is 10.8 Å². The van der Waals surface area contributed by atoms with Crippen LogP contribution in [0.5, 0.6) is 11.5 Å². The third kappa shape index (κ3) is 4.85. The monoisotopic (exact) mass is 452 g/mol. The molecular formula is C21H13ClN4O4S. The van der Waals surface area contributed by atoms with Crippen molar-refractivity contribution in [2.75, 3.05) is 5.32 Å². The van der Waals surface area contributed by atoms with Gasteiger partial charge in [0.05, 0.1) is 15.5 Å². The first-order valence-corrected chi connectivity index (χ1v) is 10.1. The van der Waals surface area contributed by atoms with Crippen molar-refractivity contribution in [1.82, 2.24) is 10.2 Å². The average molecular weight is 453 g/mol. The van der Waals surface area contributed by atoms with Crippen LogP contribution < -0.4 is 10.1 Å². The molecule has 10 heteroatoms. The average Bonchev–Trinajstić information content (AvgIpc) is 3.23. The highest BCUT2D eigenvalue weighted by Crippen LogP contribution is 2.30. The van der Waals surface area contributed by atoms with Crippen molar-refractivity contribution in [3.63, 3.8) is 0 Å². The third-order valence-electron chi connectivity index (χ3n) is 4.15. The van der Waals surface area contributed by atoms with Gasteiger partial charge >= 0.3 is 0 Å². The molecule has 3 aromatic carbocycles. The maximum absolute atomic E-state index is 12.3. The van der Waals surface area contributed by atoms with Crippen molar-refractivity contribution in [3.8, 4) is 22.1 Å². The molecule has 0 aliphatic rings. The number of amides is 1. The van der Waals surface area contributed by atoms with Crippen molar-refractivity contribution in [2.45, 2.75) is 0 Å². The number of rotatable bonds is 6. The Bertz CT molecular complexity index is 1240. The van der Waals surface area contributed by atoms with Gasteiger partial charge in [-0.1, -0.05) is 35.1 Å². The molecule has 1 aromatic heterocycles. The van der Waals surface area contributed by atoms with Crippen LogP contribution in [0, 0.1) is 10.1 Å². The molecule has 0 bridgehead atoms. The van der Waals surface area contributed by atoms with Gasteiger partial charge in [0.2, 0.25) is 5.13 Å². The lowest BCUT2D eigenvalue weighted by Crippen LogP contribution is -2.12. The summed E-state index contributed by atoms with van der Waals surface area (Å²) < 4.78 is 5.70. The normalized spacial score (nSPS) is 10.5. The minimum atomic E-state index is -0.467. The number of benzene rings is 3. The summed E-state index contributed by atoms with van der Waals surface area (Å²) in [5.74, 6) is 0.688. The van der Waals surface area contributed by atoms with Gasteiger partial charge < -0.3 is 4.74 Å². The number of hydrogen-bond acceptors (Lipinski definition) is 7. The molecule has 0 atom stereocenters. The van der Waals surface area contributed by atoms with Crippen LogP contribution in [-0.4, -0.2) is 21.0 Å². The molecule has 0 aliphatic carbocycles. The van der Waals surface area contributed by atoms with Gasteiger partial charge in [-0.25, -0.2) is 0 Å². The lowest BCUT2D eigenvalue weighted by molar-refractivity contribution is -0.384. The summed E-state index contributed by atoms with van der Waals surface area (Å²) in [7, 11) is 0. The van der Waals surface area contributed by atoms with E-state index in [-0.39, 0.29) is 11.6 Å². The molecule has 1 N–H and O–H groups in total. The van der Waals surface area contributed by atoms with Crippen molar-refractivity contribution in [2.24, 2.45) is 0 Å². The molecule has 1 amide bonds. The smallest absolute Gasteiger partial charge is 0.269 e. The standard InChI is InChI=1S/C21H13ClN4O4S/c22-18-4-2-1-3-17(18)19(27)23-21-25-24-20(31-21)13-5-9-15(10-6-13)30-16-11-7-14(8-12-16)26(28)29/h1-12H,(H,23,25,27). The Morgan fingerprint density at radius 3 is 2.26 bits per heavy atom. The summed E-state index contributed by atoms with van der Waals surface area (Å²) >= 11 is 7.27. The number of nitrogens with zero attached hydrogens (tertiary/aromatic N) is 3. The van der Waals surface area contributed by atoms with Crippen molar-refractivity contribution < 1.29 is 14.5 Å². The number of nitro benzene ring substituents is 1. The minimum absolute atomic E-state index is 0.00333. The Kier molecular flexibility index (Phi) is 5.87. The molecule has 0 radical (unpaired) electrons. The number of hydrogen-bond donors (Lipinski definition) is 1. The van der Waals surface area contributed by atoms with Gasteiger partial charge in [0.25, 0.3) is 11.6 Å². The molecule has 154 valence electrons. The van der Waals surface area contributed by atoms with E-state index in [9.17, 15) is 14.9 Å². The molecule has 0 unspecified atom stereocenters. The van der Waals surface area contributed by atoms with Crippen molar-refractivity contribution in [3.05, 3.63) is 93.5 Å². The first-order valence-electron chi connectivity index (χ1n) is 8.92. The van der Waals surface area contributed by atoms with Gasteiger partial charge in [-0.3, -0.25) is 20.2 Å². The van der Waals surface area contributed by atoms with Crippen LogP contribution in [0.25, 0.3) is 10.6 Å². The fraction of sp³-hybridized carbons (Fsp3) is 0.